The Morgan fingerprint density at radius 3 is 2.85 bits per heavy atom. The van der Waals surface area contributed by atoms with E-state index in [4.69, 9.17) is 16.3 Å². The van der Waals surface area contributed by atoms with Gasteiger partial charge in [-0.1, -0.05) is 39.0 Å². The largest absolute Gasteiger partial charge is 0.493 e. The number of benzene rings is 1. The number of halogens is 1. The highest BCUT2D eigenvalue weighted by Crippen LogP contribution is 2.32. The zero-order valence-electron chi connectivity index (χ0n) is 12.8. The van der Waals surface area contributed by atoms with Gasteiger partial charge in [0.05, 0.1) is 6.61 Å². The maximum atomic E-state index is 6.40. The van der Waals surface area contributed by atoms with Crippen molar-refractivity contribution in [3.05, 3.63) is 29.8 Å². The predicted molar refractivity (Wildman–Crippen MR) is 85.9 cm³/mol. The summed E-state index contributed by atoms with van der Waals surface area (Å²) >= 11 is 6.40. The Labute approximate surface area is 127 Å². The molecule has 0 bridgehead atoms. The molecule has 112 valence electrons. The van der Waals surface area contributed by atoms with Gasteiger partial charge in [0.2, 0.25) is 0 Å². The Morgan fingerprint density at radius 1 is 1.35 bits per heavy atom. The van der Waals surface area contributed by atoms with Crippen molar-refractivity contribution >= 4 is 11.6 Å². The molecule has 0 radical (unpaired) electrons. The van der Waals surface area contributed by atoms with E-state index in [1.165, 1.54) is 5.56 Å². The minimum atomic E-state index is 0.199. The number of fused-ring (bicyclic) bond motifs is 1. The second-order valence-electron chi connectivity index (χ2n) is 6.89. The number of nitrogens with one attached hydrogen (secondary N) is 1. The molecule has 1 aromatic rings. The molecule has 1 aliphatic rings. The lowest BCUT2D eigenvalue weighted by atomic mass is 9.90. The standard InChI is InChI=1S/C17H26ClNO/c1-17(2,3)10-14(18)12-19-11-13-8-9-20-16-7-5-4-6-15(13)16/h4-7,13-14,19H,8-12H2,1-3H3. The van der Waals surface area contributed by atoms with Crippen molar-refractivity contribution in [3.8, 4) is 5.75 Å². The van der Waals surface area contributed by atoms with Gasteiger partial charge in [-0.3, -0.25) is 0 Å². The summed E-state index contributed by atoms with van der Waals surface area (Å²) in [4.78, 5) is 0. The second kappa shape index (κ2) is 6.82. The molecule has 2 unspecified atom stereocenters. The van der Waals surface area contributed by atoms with Crippen LogP contribution in [-0.4, -0.2) is 25.1 Å². The summed E-state index contributed by atoms with van der Waals surface area (Å²) in [5.41, 5.74) is 1.62. The van der Waals surface area contributed by atoms with Gasteiger partial charge in [-0.2, -0.15) is 0 Å². The van der Waals surface area contributed by atoms with E-state index in [0.717, 1.165) is 38.3 Å². The summed E-state index contributed by atoms with van der Waals surface area (Å²) < 4.78 is 5.69. The Hall–Kier alpha value is -0.730. The number of hydrogen-bond acceptors (Lipinski definition) is 2. The third-order valence-electron chi connectivity index (χ3n) is 3.67. The molecular weight excluding hydrogens is 270 g/mol. The van der Waals surface area contributed by atoms with Crippen LogP contribution in [0.3, 0.4) is 0 Å². The molecule has 0 aromatic heterocycles. The highest BCUT2D eigenvalue weighted by Gasteiger charge is 2.21. The van der Waals surface area contributed by atoms with E-state index in [-0.39, 0.29) is 5.38 Å². The number of alkyl halides is 1. The van der Waals surface area contributed by atoms with Crippen molar-refractivity contribution in [2.75, 3.05) is 19.7 Å². The first-order valence-electron chi connectivity index (χ1n) is 7.52. The Balaban J connectivity index is 1.81. The molecule has 0 amide bonds. The smallest absolute Gasteiger partial charge is 0.122 e. The van der Waals surface area contributed by atoms with Crippen LogP contribution in [-0.2, 0) is 0 Å². The predicted octanol–water partition coefficient (Wildman–Crippen LogP) is 4.19. The number of ether oxygens (including phenoxy) is 1. The average Bonchev–Trinajstić information content (AvgIpc) is 2.37. The first kappa shape index (κ1) is 15.7. The van der Waals surface area contributed by atoms with Gasteiger partial charge in [0.25, 0.3) is 0 Å². The summed E-state index contributed by atoms with van der Waals surface area (Å²) in [7, 11) is 0. The lowest BCUT2D eigenvalue weighted by Gasteiger charge is -2.27. The molecule has 1 heterocycles. The minimum Gasteiger partial charge on any atom is -0.493 e. The fourth-order valence-corrected chi connectivity index (χ4v) is 3.35. The Morgan fingerprint density at radius 2 is 2.10 bits per heavy atom. The van der Waals surface area contributed by atoms with Crippen LogP contribution in [0.4, 0.5) is 0 Å². The lowest BCUT2D eigenvalue weighted by molar-refractivity contribution is 0.264. The molecule has 1 N–H and O–H groups in total. The molecular formula is C17H26ClNO. The van der Waals surface area contributed by atoms with Crippen LogP contribution >= 0.6 is 11.6 Å². The van der Waals surface area contributed by atoms with Crippen LogP contribution in [0.25, 0.3) is 0 Å². The van der Waals surface area contributed by atoms with E-state index in [1.54, 1.807) is 0 Å². The van der Waals surface area contributed by atoms with Gasteiger partial charge in [-0.05, 0) is 29.9 Å². The zero-order valence-corrected chi connectivity index (χ0v) is 13.5. The molecule has 20 heavy (non-hydrogen) atoms. The van der Waals surface area contributed by atoms with Gasteiger partial charge in [-0.25, -0.2) is 0 Å². The van der Waals surface area contributed by atoms with Crippen molar-refractivity contribution < 1.29 is 4.74 Å². The summed E-state index contributed by atoms with van der Waals surface area (Å²) in [5.74, 6) is 1.58. The van der Waals surface area contributed by atoms with Crippen molar-refractivity contribution in [1.82, 2.24) is 5.32 Å². The van der Waals surface area contributed by atoms with E-state index in [1.807, 2.05) is 6.07 Å². The third kappa shape index (κ3) is 4.68. The van der Waals surface area contributed by atoms with Crippen LogP contribution in [0.5, 0.6) is 5.75 Å². The van der Waals surface area contributed by atoms with E-state index in [9.17, 15) is 0 Å². The van der Waals surface area contributed by atoms with E-state index in [0.29, 0.717) is 11.3 Å². The summed E-state index contributed by atoms with van der Waals surface area (Å²) in [6, 6.07) is 8.36. The first-order chi connectivity index (χ1) is 9.46. The topological polar surface area (TPSA) is 21.3 Å². The van der Waals surface area contributed by atoms with Crippen molar-refractivity contribution in [1.29, 1.82) is 0 Å². The van der Waals surface area contributed by atoms with E-state index >= 15 is 0 Å². The molecule has 0 aliphatic carbocycles. The maximum absolute atomic E-state index is 6.40. The molecule has 2 rings (SSSR count). The summed E-state index contributed by atoms with van der Waals surface area (Å²) in [6.07, 6.45) is 2.11. The third-order valence-corrected chi connectivity index (χ3v) is 3.98. The highest BCUT2D eigenvalue weighted by atomic mass is 35.5. The lowest BCUT2D eigenvalue weighted by Crippen LogP contribution is -2.31. The quantitative estimate of drug-likeness (QED) is 0.823. The molecule has 0 saturated heterocycles. The normalized spacial score (nSPS) is 20.1. The van der Waals surface area contributed by atoms with E-state index < -0.39 is 0 Å². The van der Waals surface area contributed by atoms with Gasteiger partial charge in [0, 0.05) is 24.4 Å². The van der Waals surface area contributed by atoms with Crippen LogP contribution in [0.15, 0.2) is 24.3 Å². The zero-order chi connectivity index (χ0) is 14.6. The first-order valence-corrected chi connectivity index (χ1v) is 7.96. The fourth-order valence-electron chi connectivity index (χ4n) is 2.78. The second-order valence-corrected chi connectivity index (χ2v) is 7.51. The molecule has 0 spiro atoms. The molecule has 2 atom stereocenters. The average molecular weight is 296 g/mol. The van der Waals surface area contributed by atoms with Crippen molar-refractivity contribution in [2.24, 2.45) is 5.41 Å². The van der Waals surface area contributed by atoms with Crippen LogP contribution < -0.4 is 10.1 Å². The van der Waals surface area contributed by atoms with Crippen molar-refractivity contribution in [2.45, 2.75) is 44.9 Å². The molecule has 1 aliphatic heterocycles. The summed E-state index contributed by atoms with van der Waals surface area (Å²) in [5, 5.41) is 3.73. The maximum Gasteiger partial charge on any atom is 0.122 e. The van der Waals surface area contributed by atoms with Crippen LogP contribution in [0.2, 0.25) is 0 Å². The van der Waals surface area contributed by atoms with Gasteiger partial charge in [0.1, 0.15) is 5.75 Å². The summed E-state index contributed by atoms with van der Waals surface area (Å²) in [6.45, 7) is 9.37. The van der Waals surface area contributed by atoms with Crippen LogP contribution in [0, 0.1) is 5.41 Å². The van der Waals surface area contributed by atoms with Gasteiger partial charge in [-0.15, -0.1) is 11.6 Å². The number of para-hydroxylation sites is 1. The van der Waals surface area contributed by atoms with Crippen LogP contribution in [0.1, 0.15) is 45.1 Å². The van der Waals surface area contributed by atoms with Gasteiger partial charge < -0.3 is 10.1 Å². The number of hydrogen-bond donors (Lipinski definition) is 1. The highest BCUT2D eigenvalue weighted by molar-refractivity contribution is 6.20. The number of rotatable bonds is 5. The molecule has 0 saturated carbocycles. The monoisotopic (exact) mass is 295 g/mol. The van der Waals surface area contributed by atoms with Gasteiger partial charge in [0.15, 0.2) is 0 Å². The SMILES string of the molecule is CC(C)(C)CC(Cl)CNCC1CCOc2ccccc21. The Kier molecular flexibility index (Phi) is 5.34. The van der Waals surface area contributed by atoms with Crippen molar-refractivity contribution in [3.63, 3.8) is 0 Å². The molecule has 0 fully saturated rings. The fraction of sp³-hybridized carbons (Fsp3) is 0.647. The molecule has 1 aromatic carbocycles. The van der Waals surface area contributed by atoms with E-state index in [2.05, 4.69) is 44.3 Å². The Bertz CT molecular complexity index is 427. The molecule has 3 heteroatoms. The van der Waals surface area contributed by atoms with Gasteiger partial charge >= 0.3 is 0 Å². The minimum absolute atomic E-state index is 0.199. The molecule has 2 nitrogen and oxygen atoms in total.